The summed E-state index contributed by atoms with van der Waals surface area (Å²) < 4.78 is 34.0. The third-order valence-corrected chi connectivity index (χ3v) is 7.02. The number of rotatable bonds is 8. The number of nitrogens with zero attached hydrogens (tertiary/aromatic N) is 4. The molecule has 1 saturated heterocycles. The highest BCUT2D eigenvalue weighted by Gasteiger charge is 2.26. The zero-order valence-corrected chi connectivity index (χ0v) is 19.8. The molecule has 9 heteroatoms. The lowest BCUT2D eigenvalue weighted by atomic mass is 10.1. The van der Waals surface area contributed by atoms with E-state index >= 15 is 0 Å². The van der Waals surface area contributed by atoms with Gasteiger partial charge in [0.05, 0.1) is 41.5 Å². The summed E-state index contributed by atoms with van der Waals surface area (Å²) in [5.74, 6) is 0.0843. The van der Waals surface area contributed by atoms with Crippen molar-refractivity contribution in [2.45, 2.75) is 26.8 Å². The lowest BCUT2D eigenvalue weighted by molar-refractivity contribution is 0.105. The van der Waals surface area contributed by atoms with Gasteiger partial charge in [0.2, 0.25) is 0 Å². The first-order valence-corrected chi connectivity index (χ1v) is 12.4. The maximum Gasteiger partial charge on any atom is 0.409 e. The number of carbonyl (C=O) groups is 1. The van der Waals surface area contributed by atoms with Crippen molar-refractivity contribution < 1.29 is 18.5 Å². The van der Waals surface area contributed by atoms with Crippen molar-refractivity contribution in [1.29, 1.82) is 5.26 Å². The number of hydrogen-bond acceptors (Lipinski definition) is 6. The van der Waals surface area contributed by atoms with Gasteiger partial charge in [-0.05, 0) is 37.6 Å². The number of hydrogen-bond donors (Lipinski definition) is 0. The van der Waals surface area contributed by atoms with Gasteiger partial charge in [-0.15, -0.1) is 0 Å². The summed E-state index contributed by atoms with van der Waals surface area (Å²) in [4.78, 5) is 15.7. The van der Waals surface area contributed by atoms with Crippen molar-refractivity contribution in [2.75, 3.05) is 47.7 Å². The van der Waals surface area contributed by atoms with Crippen LogP contribution in [0.5, 0.6) is 0 Å². The fraction of sp³-hybridized carbons (Fsp3) is 0.417. The summed E-state index contributed by atoms with van der Waals surface area (Å²) in [6, 6.07) is 14.0. The molecule has 1 aliphatic rings. The predicted octanol–water partition coefficient (Wildman–Crippen LogP) is 4.06. The average molecular weight is 473 g/mol. The Morgan fingerprint density at radius 2 is 1.94 bits per heavy atom. The summed E-state index contributed by atoms with van der Waals surface area (Å²) in [5, 5.41) is 9.83. The van der Waals surface area contributed by atoms with Crippen molar-refractivity contribution in [2.24, 2.45) is 0 Å². The van der Waals surface area contributed by atoms with Gasteiger partial charge >= 0.3 is 6.09 Å². The largest absolute Gasteiger partial charge is 0.593 e. The third kappa shape index (κ3) is 6.09. The van der Waals surface area contributed by atoms with E-state index in [4.69, 9.17) is 4.74 Å². The van der Waals surface area contributed by atoms with Crippen LogP contribution < -0.4 is 9.21 Å². The van der Waals surface area contributed by atoms with Crippen LogP contribution in [-0.4, -0.2) is 54.1 Å². The molecule has 2 aromatic carbocycles. The van der Waals surface area contributed by atoms with Crippen LogP contribution in [0.3, 0.4) is 0 Å². The van der Waals surface area contributed by atoms with E-state index in [1.165, 1.54) is 6.07 Å². The lowest BCUT2D eigenvalue weighted by Crippen LogP contribution is -2.49. The van der Waals surface area contributed by atoms with Gasteiger partial charge in [-0.1, -0.05) is 25.1 Å². The number of carbonyl (C=O) groups excluding carboxylic acids is 1. The number of amides is 1. The molecule has 7 nitrogen and oxygen atoms in total. The zero-order valence-electron chi connectivity index (χ0n) is 19.0. The first-order chi connectivity index (χ1) is 16.0. The van der Waals surface area contributed by atoms with Gasteiger partial charge < -0.3 is 19.1 Å². The molecule has 2 aromatic rings. The normalized spacial score (nSPS) is 14.5. The number of ether oxygens (including phenoxy) is 1. The molecule has 1 aliphatic heterocycles. The Labute approximate surface area is 197 Å². The molecule has 176 valence electrons. The fourth-order valence-electron chi connectivity index (χ4n) is 3.74. The topological polar surface area (TPSA) is 82.9 Å². The van der Waals surface area contributed by atoms with E-state index in [1.807, 2.05) is 19.1 Å². The number of halogens is 1. The van der Waals surface area contributed by atoms with Crippen LogP contribution in [0, 0.1) is 17.1 Å². The summed E-state index contributed by atoms with van der Waals surface area (Å²) in [6.45, 7) is 6.36. The maximum atomic E-state index is 14.3. The molecule has 1 heterocycles. The minimum absolute atomic E-state index is 0.141. The second kappa shape index (κ2) is 11.8. The summed E-state index contributed by atoms with van der Waals surface area (Å²) in [7, 11) is 0. The van der Waals surface area contributed by atoms with E-state index in [1.54, 1.807) is 40.4 Å². The zero-order chi connectivity index (χ0) is 23.8. The lowest BCUT2D eigenvalue weighted by Gasteiger charge is -2.36. The third-order valence-electron chi connectivity index (χ3n) is 5.43. The molecule has 1 fully saturated rings. The molecule has 1 unspecified atom stereocenters. The number of benzene rings is 2. The first kappa shape index (κ1) is 24.7. The van der Waals surface area contributed by atoms with Crippen molar-refractivity contribution in [3.8, 4) is 6.07 Å². The predicted molar refractivity (Wildman–Crippen MR) is 128 cm³/mol. The molecule has 3 rings (SSSR count). The van der Waals surface area contributed by atoms with Crippen LogP contribution in [0.1, 0.15) is 31.4 Å². The van der Waals surface area contributed by atoms with E-state index in [0.29, 0.717) is 61.8 Å². The quantitative estimate of drug-likeness (QED) is 0.539. The van der Waals surface area contributed by atoms with Crippen LogP contribution in [0.2, 0.25) is 0 Å². The molecule has 0 aliphatic carbocycles. The second-order valence-corrected chi connectivity index (χ2v) is 9.13. The van der Waals surface area contributed by atoms with Crippen LogP contribution >= 0.6 is 0 Å². The van der Waals surface area contributed by atoms with Gasteiger partial charge in [-0.25, -0.2) is 9.18 Å². The van der Waals surface area contributed by atoms with E-state index < -0.39 is 11.4 Å². The Kier molecular flexibility index (Phi) is 8.80. The maximum absolute atomic E-state index is 14.3. The fourth-order valence-corrected chi connectivity index (χ4v) is 4.94. The van der Waals surface area contributed by atoms with Crippen molar-refractivity contribution in [1.82, 2.24) is 4.90 Å². The Balaban J connectivity index is 1.82. The molecule has 0 aromatic heterocycles. The molecule has 0 saturated carbocycles. The van der Waals surface area contributed by atoms with Gasteiger partial charge in [0, 0.05) is 31.7 Å². The Bertz CT molecular complexity index is 992. The van der Waals surface area contributed by atoms with Gasteiger partial charge in [0.15, 0.2) is 0 Å². The standard InChI is InChI=1S/C24H29FN4O3S/c1-3-15-33(31)29(18-19-7-5-6-8-22(19)25)21-9-10-23(20(16-21)17-26)27-11-13-28(14-12-27)24(30)32-4-2/h5-10,16H,3-4,11-15,18H2,1-2H3. The van der Waals surface area contributed by atoms with E-state index in [2.05, 4.69) is 11.0 Å². The summed E-state index contributed by atoms with van der Waals surface area (Å²) in [5.41, 5.74) is 2.26. The molecule has 0 N–H and O–H groups in total. The first-order valence-electron chi connectivity index (χ1n) is 11.1. The second-order valence-electron chi connectivity index (χ2n) is 7.64. The Morgan fingerprint density at radius 3 is 2.58 bits per heavy atom. The molecule has 1 amide bonds. The molecular formula is C24H29FN4O3S. The monoisotopic (exact) mass is 472 g/mol. The highest BCUT2D eigenvalue weighted by atomic mass is 32.2. The summed E-state index contributed by atoms with van der Waals surface area (Å²) >= 11 is -1.37. The number of piperazine rings is 1. The number of anilines is 2. The SMILES string of the molecule is CCC[S+]([O-])N(Cc1ccccc1F)c1ccc(N2CCN(C(=O)OCC)CC2)c(C#N)c1. The highest BCUT2D eigenvalue weighted by molar-refractivity contribution is 7.92. The molecule has 0 bridgehead atoms. The van der Waals surface area contributed by atoms with Crippen LogP contribution in [0.15, 0.2) is 42.5 Å². The number of nitriles is 1. The van der Waals surface area contributed by atoms with E-state index in [-0.39, 0.29) is 18.5 Å². The van der Waals surface area contributed by atoms with Gasteiger partial charge in [-0.3, -0.25) is 0 Å². The van der Waals surface area contributed by atoms with Crippen molar-refractivity contribution in [3.63, 3.8) is 0 Å². The van der Waals surface area contributed by atoms with Crippen LogP contribution in [-0.2, 0) is 22.6 Å². The van der Waals surface area contributed by atoms with Crippen LogP contribution in [0.4, 0.5) is 20.6 Å². The molecule has 0 radical (unpaired) electrons. The molecule has 0 spiro atoms. The van der Waals surface area contributed by atoms with E-state index in [9.17, 15) is 19.0 Å². The smallest absolute Gasteiger partial charge is 0.409 e. The Morgan fingerprint density at radius 1 is 1.21 bits per heavy atom. The minimum atomic E-state index is -1.37. The molecule has 33 heavy (non-hydrogen) atoms. The average Bonchev–Trinajstić information content (AvgIpc) is 2.83. The van der Waals surface area contributed by atoms with Crippen molar-refractivity contribution in [3.05, 3.63) is 59.4 Å². The minimum Gasteiger partial charge on any atom is -0.593 e. The summed E-state index contributed by atoms with van der Waals surface area (Å²) in [6.07, 6.45) is 0.393. The molecular weight excluding hydrogens is 443 g/mol. The van der Waals surface area contributed by atoms with Crippen molar-refractivity contribution >= 4 is 28.8 Å². The van der Waals surface area contributed by atoms with E-state index in [0.717, 1.165) is 5.69 Å². The van der Waals surface area contributed by atoms with Gasteiger partial charge in [0.25, 0.3) is 0 Å². The van der Waals surface area contributed by atoms with Gasteiger partial charge in [0.1, 0.15) is 17.6 Å². The Hall–Kier alpha value is -2.96. The van der Waals surface area contributed by atoms with Gasteiger partial charge in [-0.2, -0.15) is 9.57 Å². The highest BCUT2D eigenvalue weighted by Crippen LogP contribution is 2.30. The molecule has 1 atom stereocenters. The van der Waals surface area contributed by atoms with Crippen LogP contribution in [0.25, 0.3) is 0 Å².